The van der Waals surface area contributed by atoms with Crippen molar-refractivity contribution in [2.24, 2.45) is 5.92 Å². The average molecular weight is 152 g/mol. The first-order valence-corrected chi connectivity index (χ1v) is 4.10. The summed E-state index contributed by atoms with van der Waals surface area (Å²) in [5, 5.41) is 9.61. The van der Waals surface area contributed by atoms with E-state index in [2.05, 4.69) is 19.6 Å². The summed E-state index contributed by atoms with van der Waals surface area (Å²) in [5.41, 5.74) is 2.40. The number of hydrogen-bond donors (Lipinski definition) is 1. The molecule has 0 aromatic heterocycles. The van der Waals surface area contributed by atoms with Gasteiger partial charge in [0.2, 0.25) is 0 Å². The van der Waals surface area contributed by atoms with Gasteiger partial charge in [-0.2, -0.15) is 0 Å². The van der Waals surface area contributed by atoms with E-state index in [0.717, 1.165) is 18.4 Å². The van der Waals surface area contributed by atoms with Crippen molar-refractivity contribution in [3.05, 3.63) is 23.8 Å². The Bertz CT molecular complexity index is 191. The lowest BCUT2D eigenvalue weighted by Gasteiger charge is -2.26. The third-order valence-electron chi connectivity index (χ3n) is 2.35. The smallest absolute Gasteiger partial charge is 0.0645 e. The maximum absolute atomic E-state index is 9.61. The molecule has 11 heavy (non-hydrogen) atoms. The second kappa shape index (κ2) is 3.22. The largest absolute Gasteiger partial charge is 0.392 e. The van der Waals surface area contributed by atoms with E-state index in [1.54, 1.807) is 0 Å². The molecule has 0 aliphatic heterocycles. The number of rotatable bonds is 1. The lowest BCUT2D eigenvalue weighted by molar-refractivity contribution is 0.120. The molecule has 0 radical (unpaired) electrons. The summed E-state index contributed by atoms with van der Waals surface area (Å²) >= 11 is 0. The van der Waals surface area contributed by atoms with Gasteiger partial charge in [-0.15, -0.1) is 0 Å². The first-order valence-electron chi connectivity index (χ1n) is 4.10. The highest BCUT2D eigenvalue weighted by Crippen LogP contribution is 2.28. The van der Waals surface area contributed by atoms with E-state index in [1.807, 2.05) is 6.92 Å². The minimum Gasteiger partial charge on any atom is -0.392 e. The molecule has 2 atom stereocenters. The summed E-state index contributed by atoms with van der Waals surface area (Å²) in [5.74, 6) is 0.290. The quantitative estimate of drug-likeness (QED) is 0.571. The van der Waals surface area contributed by atoms with Crippen molar-refractivity contribution in [3.8, 4) is 0 Å². The van der Waals surface area contributed by atoms with E-state index in [4.69, 9.17) is 0 Å². The summed E-state index contributed by atoms with van der Waals surface area (Å²) in [7, 11) is 0. The van der Waals surface area contributed by atoms with Gasteiger partial charge in [0.25, 0.3) is 0 Å². The fraction of sp³-hybridized carbons (Fsp3) is 0.600. The Hall–Kier alpha value is -0.560. The molecule has 0 aromatic rings. The minimum atomic E-state index is -0.197. The maximum Gasteiger partial charge on any atom is 0.0645 e. The number of aliphatic hydroxyl groups is 1. The Morgan fingerprint density at radius 1 is 1.73 bits per heavy atom. The highest BCUT2D eigenvalue weighted by molar-refractivity contribution is 5.13. The number of hydrogen-bond acceptors (Lipinski definition) is 1. The van der Waals surface area contributed by atoms with E-state index in [0.29, 0.717) is 5.92 Å². The molecule has 1 N–H and O–H groups in total. The third kappa shape index (κ3) is 1.93. The van der Waals surface area contributed by atoms with Crippen molar-refractivity contribution in [2.45, 2.75) is 32.8 Å². The molecule has 0 fully saturated rings. The SMILES string of the molecule is C=C(C)[C@H]1CC=C(C)C[C@@H]1O. The topological polar surface area (TPSA) is 20.2 Å². The van der Waals surface area contributed by atoms with Gasteiger partial charge in [0, 0.05) is 5.92 Å². The summed E-state index contributed by atoms with van der Waals surface area (Å²) in [6.07, 6.45) is 3.78. The van der Waals surface area contributed by atoms with Crippen molar-refractivity contribution in [1.29, 1.82) is 0 Å². The lowest BCUT2D eigenvalue weighted by Crippen LogP contribution is -2.24. The van der Waals surface area contributed by atoms with Crippen molar-refractivity contribution in [2.75, 3.05) is 0 Å². The van der Waals surface area contributed by atoms with Crippen LogP contribution in [0.2, 0.25) is 0 Å². The van der Waals surface area contributed by atoms with Crippen LogP contribution in [-0.4, -0.2) is 11.2 Å². The molecule has 0 aromatic carbocycles. The highest BCUT2D eigenvalue weighted by Gasteiger charge is 2.22. The van der Waals surface area contributed by atoms with Crippen LogP contribution in [0.25, 0.3) is 0 Å². The molecular formula is C10H16O. The van der Waals surface area contributed by atoms with Crippen LogP contribution in [0.15, 0.2) is 23.8 Å². The van der Waals surface area contributed by atoms with Crippen LogP contribution in [0.1, 0.15) is 26.7 Å². The van der Waals surface area contributed by atoms with Crippen LogP contribution in [0.5, 0.6) is 0 Å². The molecule has 0 heterocycles. The van der Waals surface area contributed by atoms with Gasteiger partial charge in [-0.3, -0.25) is 0 Å². The predicted octanol–water partition coefficient (Wildman–Crippen LogP) is 2.28. The normalized spacial score (nSPS) is 31.4. The summed E-state index contributed by atoms with van der Waals surface area (Å²) in [6.45, 7) is 7.92. The molecule has 0 spiro atoms. The molecule has 1 rings (SSSR count). The van der Waals surface area contributed by atoms with Crippen LogP contribution in [0.3, 0.4) is 0 Å². The first-order chi connectivity index (χ1) is 5.11. The molecular weight excluding hydrogens is 136 g/mol. The fourth-order valence-corrected chi connectivity index (χ4v) is 1.57. The maximum atomic E-state index is 9.61. The van der Waals surface area contributed by atoms with Crippen LogP contribution in [-0.2, 0) is 0 Å². The molecule has 0 amide bonds. The van der Waals surface area contributed by atoms with Crippen molar-refractivity contribution in [1.82, 2.24) is 0 Å². The van der Waals surface area contributed by atoms with E-state index < -0.39 is 0 Å². The Labute approximate surface area is 68.4 Å². The fourth-order valence-electron chi connectivity index (χ4n) is 1.57. The van der Waals surface area contributed by atoms with Crippen LogP contribution in [0.4, 0.5) is 0 Å². The molecule has 1 nitrogen and oxygen atoms in total. The van der Waals surface area contributed by atoms with Crippen LogP contribution >= 0.6 is 0 Å². The van der Waals surface area contributed by atoms with E-state index in [1.165, 1.54) is 5.57 Å². The second-order valence-electron chi connectivity index (χ2n) is 3.51. The molecule has 1 heteroatoms. The molecule has 0 saturated carbocycles. The molecule has 0 bridgehead atoms. The zero-order valence-electron chi connectivity index (χ0n) is 7.30. The molecule has 62 valence electrons. The van der Waals surface area contributed by atoms with Crippen molar-refractivity contribution >= 4 is 0 Å². The number of allylic oxidation sites excluding steroid dienone is 1. The standard InChI is InChI=1S/C10H16O/c1-7(2)9-5-4-8(3)6-10(9)11/h4,9-11H,1,5-6H2,2-3H3/t9-,10+/m1/s1. The molecule has 0 unspecified atom stereocenters. The van der Waals surface area contributed by atoms with Crippen LogP contribution in [0, 0.1) is 5.92 Å². The highest BCUT2D eigenvalue weighted by atomic mass is 16.3. The Morgan fingerprint density at radius 3 is 2.82 bits per heavy atom. The van der Waals surface area contributed by atoms with Crippen molar-refractivity contribution in [3.63, 3.8) is 0 Å². The molecule has 1 aliphatic carbocycles. The minimum absolute atomic E-state index is 0.197. The second-order valence-corrected chi connectivity index (χ2v) is 3.51. The molecule has 0 saturated heterocycles. The summed E-state index contributed by atoms with van der Waals surface area (Å²) in [6, 6.07) is 0. The zero-order valence-corrected chi connectivity index (χ0v) is 7.30. The van der Waals surface area contributed by atoms with E-state index >= 15 is 0 Å². The van der Waals surface area contributed by atoms with E-state index in [9.17, 15) is 5.11 Å². The van der Waals surface area contributed by atoms with E-state index in [-0.39, 0.29) is 6.10 Å². The zero-order chi connectivity index (χ0) is 8.43. The lowest BCUT2D eigenvalue weighted by atomic mass is 9.83. The van der Waals surface area contributed by atoms with Gasteiger partial charge in [-0.05, 0) is 26.7 Å². The molecule has 1 aliphatic rings. The Morgan fingerprint density at radius 2 is 2.36 bits per heavy atom. The van der Waals surface area contributed by atoms with Crippen molar-refractivity contribution < 1.29 is 5.11 Å². The van der Waals surface area contributed by atoms with Gasteiger partial charge < -0.3 is 5.11 Å². The van der Waals surface area contributed by atoms with Gasteiger partial charge in [0.1, 0.15) is 0 Å². The summed E-state index contributed by atoms with van der Waals surface area (Å²) < 4.78 is 0. The van der Waals surface area contributed by atoms with Crippen LogP contribution < -0.4 is 0 Å². The van der Waals surface area contributed by atoms with Gasteiger partial charge in [-0.25, -0.2) is 0 Å². The van der Waals surface area contributed by atoms with Gasteiger partial charge >= 0.3 is 0 Å². The Kier molecular flexibility index (Phi) is 2.50. The monoisotopic (exact) mass is 152 g/mol. The van der Waals surface area contributed by atoms with Gasteiger partial charge in [0.05, 0.1) is 6.10 Å². The van der Waals surface area contributed by atoms with Gasteiger partial charge in [-0.1, -0.05) is 23.8 Å². The third-order valence-corrected chi connectivity index (χ3v) is 2.35. The first kappa shape index (κ1) is 8.54. The number of aliphatic hydroxyl groups excluding tert-OH is 1. The van der Waals surface area contributed by atoms with Gasteiger partial charge in [0.15, 0.2) is 0 Å². The summed E-state index contributed by atoms with van der Waals surface area (Å²) in [4.78, 5) is 0. The Balaban J connectivity index is 2.65. The predicted molar refractivity (Wildman–Crippen MR) is 47.3 cm³/mol. The average Bonchev–Trinajstić information content (AvgIpc) is 1.85.